The normalized spacial score (nSPS) is 43.3. The quantitative estimate of drug-likeness (QED) is 0.264. The highest BCUT2D eigenvalue weighted by Gasteiger charge is 2.71. The number of aliphatic hydroxyl groups is 3. The molecule has 9 heteroatoms. The third kappa shape index (κ3) is 3.84. The summed E-state index contributed by atoms with van der Waals surface area (Å²) in [6.45, 7) is 2.41. The van der Waals surface area contributed by atoms with Crippen LogP contribution in [0.3, 0.4) is 0 Å². The largest absolute Gasteiger partial charge is 0.458 e. The first-order valence-corrected chi connectivity index (χ1v) is 14.1. The van der Waals surface area contributed by atoms with Crippen LogP contribution in [-0.4, -0.2) is 57.3 Å². The molecule has 1 aromatic rings. The van der Waals surface area contributed by atoms with E-state index in [0.717, 1.165) is 18.4 Å². The molecule has 0 saturated heterocycles. The Hall–Kier alpha value is -2.62. The molecule has 4 saturated carbocycles. The van der Waals surface area contributed by atoms with E-state index in [1.807, 2.05) is 0 Å². The van der Waals surface area contributed by atoms with Gasteiger partial charge in [0.2, 0.25) is 0 Å². The average Bonchev–Trinajstić information content (AvgIpc) is 3.44. The third-order valence-electron chi connectivity index (χ3n) is 11.2. The fraction of sp³-hybridized carbons (Fsp3) is 0.633. The van der Waals surface area contributed by atoms with Crippen LogP contribution in [0.4, 0.5) is 4.39 Å². The van der Waals surface area contributed by atoms with E-state index in [2.05, 4.69) is 17.5 Å². The first-order chi connectivity index (χ1) is 18.5. The molecule has 1 amide bonds. The van der Waals surface area contributed by atoms with Crippen molar-refractivity contribution in [3.05, 3.63) is 47.3 Å². The molecule has 0 bridgehead atoms. The Balaban J connectivity index is 1.33. The van der Waals surface area contributed by atoms with Gasteiger partial charge >= 0.3 is 5.97 Å². The summed E-state index contributed by atoms with van der Waals surface area (Å²) in [5, 5.41) is 39.3. The SMILES string of the molecule is C[C@]12CC[C@H]3[C@@H](CC[C@]4(O)C[C@H](O)CC[C@]34/C=N\NC(=O)c3ccccc3F)[C@]1(O)CC[C@@H]2C1=CC(=O)OC1. The van der Waals surface area contributed by atoms with Crippen molar-refractivity contribution < 1.29 is 34.0 Å². The number of hydrogen-bond donors (Lipinski definition) is 4. The zero-order chi connectivity index (χ0) is 27.6. The van der Waals surface area contributed by atoms with Crippen LogP contribution in [0, 0.1) is 34.4 Å². The molecule has 1 aliphatic heterocycles. The summed E-state index contributed by atoms with van der Waals surface area (Å²) in [5.41, 5.74) is -0.250. The molecule has 0 radical (unpaired) electrons. The van der Waals surface area contributed by atoms with Crippen molar-refractivity contribution >= 4 is 18.1 Å². The number of carbonyl (C=O) groups is 2. The van der Waals surface area contributed by atoms with Gasteiger partial charge in [-0.2, -0.15) is 5.10 Å². The monoisotopic (exact) mass is 540 g/mol. The number of esters is 1. The van der Waals surface area contributed by atoms with E-state index in [1.165, 1.54) is 18.2 Å². The Morgan fingerprint density at radius 2 is 1.87 bits per heavy atom. The maximum absolute atomic E-state index is 14.1. The van der Waals surface area contributed by atoms with E-state index < -0.39 is 39.9 Å². The minimum atomic E-state index is -1.24. The summed E-state index contributed by atoms with van der Waals surface area (Å²) in [5.74, 6) is -1.84. The van der Waals surface area contributed by atoms with E-state index in [0.29, 0.717) is 38.5 Å². The van der Waals surface area contributed by atoms with Gasteiger partial charge in [0.25, 0.3) is 5.91 Å². The lowest BCUT2D eigenvalue weighted by Crippen LogP contribution is -2.68. The second-order valence-corrected chi connectivity index (χ2v) is 12.7. The van der Waals surface area contributed by atoms with Crippen molar-refractivity contribution in [1.29, 1.82) is 0 Å². The van der Waals surface area contributed by atoms with Gasteiger partial charge in [-0.1, -0.05) is 19.1 Å². The summed E-state index contributed by atoms with van der Waals surface area (Å²) in [6, 6.07) is 5.68. The fourth-order valence-electron chi connectivity index (χ4n) is 9.27. The lowest BCUT2D eigenvalue weighted by molar-refractivity contribution is -0.237. The number of nitrogens with zero attached hydrogens (tertiary/aromatic N) is 1. The van der Waals surface area contributed by atoms with Crippen molar-refractivity contribution in [3.63, 3.8) is 0 Å². The van der Waals surface area contributed by atoms with Crippen LogP contribution < -0.4 is 5.43 Å². The van der Waals surface area contributed by atoms with Crippen LogP contribution in [0.1, 0.15) is 75.1 Å². The third-order valence-corrected chi connectivity index (χ3v) is 11.2. The summed E-state index contributed by atoms with van der Waals surface area (Å²) in [4.78, 5) is 24.5. The van der Waals surface area contributed by atoms with Gasteiger partial charge < -0.3 is 20.1 Å². The molecule has 8 nitrogen and oxygen atoms in total. The molecule has 4 aliphatic carbocycles. The Labute approximate surface area is 227 Å². The molecular formula is C30H37FN2O6. The highest BCUT2D eigenvalue weighted by atomic mass is 19.1. The van der Waals surface area contributed by atoms with Gasteiger partial charge in [0, 0.05) is 29.5 Å². The van der Waals surface area contributed by atoms with E-state index in [1.54, 1.807) is 18.4 Å². The highest BCUT2D eigenvalue weighted by molar-refractivity contribution is 5.94. The predicted molar refractivity (Wildman–Crippen MR) is 140 cm³/mol. The Morgan fingerprint density at radius 3 is 2.62 bits per heavy atom. The maximum atomic E-state index is 14.1. The van der Waals surface area contributed by atoms with Crippen molar-refractivity contribution in [3.8, 4) is 0 Å². The van der Waals surface area contributed by atoms with E-state index in [4.69, 9.17) is 4.74 Å². The average molecular weight is 541 g/mol. The smallest absolute Gasteiger partial charge is 0.331 e. The van der Waals surface area contributed by atoms with Gasteiger partial charge in [0.1, 0.15) is 12.4 Å². The number of nitrogens with one attached hydrogen (secondary N) is 1. The zero-order valence-electron chi connectivity index (χ0n) is 22.2. The van der Waals surface area contributed by atoms with E-state index in [9.17, 15) is 29.3 Å². The molecule has 0 unspecified atom stereocenters. The summed E-state index contributed by atoms with van der Waals surface area (Å²) in [6.07, 6.45) is 7.52. The van der Waals surface area contributed by atoms with Gasteiger partial charge in [-0.25, -0.2) is 14.6 Å². The Bertz CT molecular complexity index is 1250. The van der Waals surface area contributed by atoms with Gasteiger partial charge in [-0.05, 0) is 86.8 Å². The van der Waals surface area contributed by atoms with Crippen molar-refractivity contribution in [1.82, 2.24) is 5.43 Å². The van der Waals surface area contributed by atoms with Crippen LogP contribution in [0.5, 0.6) is 0 Å². The number of cyclic esters (lactones) is 1. The van der Waals surface area contributed by atoms with Crippen LogP contribution in [0.15, 0.2) is 41.0 Å². The fourth-order valence-corrected chi connectivity index (χ4v) is 9.27. The first-order valence-electron chi connectivity index (χ1n) is 14.1. The molecule has 4 N–H and O–H groups in total. The van der Waals surface area contributed by atoms with Crippen molar-refractivity contribution in [2.45, 2.75) is 82.0 Å². The first kappa shape index (κ1) is 26.6. The lowest BCUT2D eigenvalue weighted by atomic mass is 9.41. The molecular weight excluding hydrogens is 503 g/mol. The summed E-state index contributed by atoms with van der Waals surface area (Å²) < 4.78 is 19.4. The molecule has 6 rings (SSSR count). The number of rotatable bonds is 4. The molecule has 39 heavy (non-hydrogen) atoms. The predicted octanol–water partition coefficient (Wildman–Crippen LogP) is 3.25. The molecule has 4 fully saturated rings. The Kier molecular flexibility index (Phi) is 6.28. The van der Waals surface area contributed by atoms with Gasteiger partial charge in [0.05, 0.1) is 22.9 Å². The topological polar surface area (TPSA) is 128 Å². The molecule has 210 valence electrons. The van der Waals surface area contributed by atoms with Gasteiger partial charge in [-0.3, -0.25) is 4.79 Å². The lowest BCUT2D eigenvalue weighted by Gasteiger charge is -2.65. The van der Waals surface area contributed by atoms with Crippen LogP contribution in [0.2, 0.25) is 0 Å². The molecule has 5 aliphatic rings. The number of amides is 1. The minimum Gasteiger partial charge on any atom is -0.458 e. The number of halogens is 1. The molecule has 1 heterocycles. The highest BCUT2D eigenvalue weighted by Crippen LogP contribution is 2.70. The number of fused-ring (bicyclic) bond motifs is 5. The van der Waals surface area contributed by atoms with Gasteiger partial charge in [0.15, 0.2) is 0 Å². The molecule has 1 aromatic carbocycles. The van der Waals surface area contributed by atoms with Crippen molar-refractivity contribution in [2.75, 3.05) is 6.61 Å². The van der Waals surface area contributed by atoms with E-state index in [-0.39, 0.29) is 42.3 Å². The number of aliphatic hydroxyl groups excluding tert-OH is 1. The van der Waals surface area contributed by atoms with Crippen LogP contribution in [0.25, 0.3) is 0 Å². The molecule has 0 aromatic heterocycles. The zero-order valence-corrected chi connectivity index (χ0v) is 22.2. The van der Waals surface area contributed by atoms with Crippen LogP contribution >= 0.6 is 0 Å². The number of ether oxygens (including phenoxy) is 1. The van der Waals surface area contributed by atoms with Crippen LogP contribution in [-0.2, 0) is 9.53 Å². The summed E-state index contributed by atoms with van der Waals surface area (Å²) in [7, 11) is 0. The second kappa shape index (κ2) is 9.21. The standard InChI is InChI=1S/C30H37FN2O6/c1-27-10-7-22-23(30(27,38)13-9-21(27)18-14-25(35)39-16-18)8-12-29(37)15-19(34)6-11-28(22,29)17-32-33-26(36)20-4-2-3-5-24(20)31/h2-5,14,17,19,21-23,34,37-38H,6-13,15-16H2,1H3,(H,33,36)/b32-17-/t19-,21-,22+,23-,27-,28+,29+,30-/m1/s1. The van der Waals surface area contributed by atoms with E-state index >= 15 is 0 Å². The maximum Gasteiger partial charge on any atom is 0.331 e. The Morgan fingerprint density at radius 1 is 1.10 bits per heavy atom. The molecule has 8 atom stereocenters. The van der Waals surface area contributed by atoms with Gasteiger partial charge in [-0.15, -0.1) is 0 Å². The summed E-state index contributed by atoms with van der Waals surface area (Å²) >= 11 is 0. The number of benzene rings is 1. The second-order valence-electron chi connectivity index (χ2n) is 12.7. The minimum absolute atomic E-state index is 0.0496. The number of carbonyl (C=O) groups excluding carboxylic acids is 2. The molecule has 0 spiro atoms. The number of hydrazone groups is 1. The van der Waals surface area contributed by atoms with Crippen molar-refractivity contribution in [2.24, 2.45) is 33.7 Å². The number of hydrogen-bond acceptors (Lipinski definition) is 7.